The Hall–Kier alpha value is -1.80. The topological polar surface area (TPSA) is 21.3 Å². The maximum Gasteiger partial charge on any atom is 0.123 e. The Kier molecular flexibility index (Phi) is 4.26. The monoisotopic (exact) mass is 281 g/mol. The van der Waals surface area contributed by atoms with Crippen LogP contribution in [0, 0.1) is 0 Å². The summed E-state index contributed by atoms with van der Waals surface area (Å²) in [6.07, 6.45) is 2.69. The highest BCUT2D eigenvalue weighted by Gasteiger charge is 2.25. The molecule has 2 aromatic carbocycles. The standard InChI is InChI=1S/C19H23NO/c1-14(17-8-5-6-10-19(17)21-2)20-13-16-7-3-4-9-18(16)15-11-12-15/h3-10,14-15,20H,11-13H2,1-2H3/t14-/m1/s1. The first-order valence-electron chi connectivity index (χ1n) is 7.73. The minimum Gasteiger partial charge on any atom is -0.496 e. The number of para-hydroxylation sites is 1. The number of ether oxygens (including phenoxy) is 1. The lowest BCUT2D eigenvalue weighted by atomic mass is 10.0. The van der Waals surface area contributed by atoms with Crippen LogP contribution in [0.1, 0.15) is 48.4 Å². The molecule has 1 saturated carbocycles. The number of hydrogen-bond donors (Lipinski definition) is 1. The van der Waals surface area contributed by atoms with Crippen molar-refractivity contribution < 1.29 is 4.74 Å². The minimum absolute atomic E-state index is 0.272. The molecule has 1 atom stereocenters. The molecule has 0 aliphatic heterocycles. The molecule has 0 aromatic heterocycles. The molecule has 0 saturated heterocycles. The van der Waals surface area contributed by atoms with Crippen LogP contribution in [-0.4, -0.2) is 7.11 Å². The fraction of sp³-hybridized carbons (Fsp3) is 0.368. The summed E-state index contributed by atoms with van der Waals surface area (Å²) in [5.74, 6) is 1.75. The van der Waals surface area contributed by atoms with Gasteiger partial charge in [-0.25, -0.2) is 0 Å². The number of benzene rings is 2. The molecule has 1 aliphatic rings. The molecule has 1 aliphatic carbocycles. The maximum absolute atomic E-state index is 5.45. The van der Waals surface area contributed by atoms with Crippen LogP contribution in [-0.2, 0) is 6.54 Å². The quantitative estimate of drug-likeness (QED) is 0.846. The van der Waals surface area contributed by atoms with Crippen molar-refractivity contribution in [1.82, 2.24) is 5.32 Å². The molecule has 2 nitrogen and oxygen atoms in total. The average molecular weight is 281 g/mol. The molecule has 0 spiro atoms. The van der Waals surface area contributed by atoms with Crippen molar-refractivity contribution in [2.45, 2.75) is 38.3 Å². The first kappa shape index (κ1) is 14.2. The van der Waals surface area contributed by atoms with E-state index >= 15 is 0 Å². The molecule has 2 aromatic rings. The molecule has 0 unspecified atom stereocenters. The first-order chi connectivity index (χ1) is 10.3. The lowest BCUT2D eigenvalue weighted by Gasteiger charge is -2.18. The van der Waals surface area contributed by atoms with Gasteiger partial charge in [0.25, 0.3) is 0 Å². The van der Waals surface area contributed by atoms with Crippen LogP contribution in [0.2, 0.25) is 0 Å². The number of rotatable bonds is 6. The van der Waals surface area contributed by atoms with Crippen molar-refractivity contribution in [3.05, 3.63) is 65.2 Å². The zero-order valence-electron chi connectivity index (χ0n) is 12.8. The smallest absolute Gasteiger partial charge is 0.123 e. The van der Waals surface area contributed by atoms with Gasteiger partial charge in [-0.2, -0.15) is 0 Å². The van der Waals surface area contributed by atoms with Crippen molar-refractivity contribution in [3.63, 3.8) is 0 Å². The Labute approximate surface area is 127 Å². The Morgan fingerprint density at radius 2 is 1.81 bits per heavy atom. The molecule has 1 N–H and O–H groups in total. The van der Waals surface area contributed by atoms with Crippen molar-refractivity contribution >= 4 is 0 Å². The van der Waals surface area contributed by atoms with Crippen molar-refractivity contribution in [2.75, 3.05) is 7.11 Å². The van der Waals surface area contributed by atoms with E-state index in [1.165, 1.54) is 29.5 Å². The molecule has 2 heteroatoms. The van der Waals surface area contributed by atoms with Crippen molar-refractivity contribution in [3.8, 4) is 5.75 Å². The van der Waals surface area contributed by atoms with E-state index in [-0.39, 0.29) is 6.04 Å². The molecule has 3 rings (SSSR count). The second-order valence-corrected chi connectivity index (χ2v) is 5.82. The molecular weight excluding hydrogens is 258 g/mol. The highest BCUT2D eigenvalue weighted by molar-refractivity contribution is 5.36. The van der Waals surface area contributed by atoms with Crippen LogP contribution in [0.5, 0.6) is 5.75 Å². The molecule has 110 valence electrons. The van der Waals surface area contributed by atoms with Gasteiger partial charge in [0, 0.05) is 18.2 Å². The Bertz CT molecular complexity index is 604. The molecule has 21 heavy (non-hydrogen) atoms. The predicted octanol–water partition coefficient (Wildman–Crippen LogP) is 4.42. The summed E-state index contributed by atoms with van der Waals surface area (Å²) in [4.78, 5) is 0. The normalized spacial score (nSPS) is 15.7. The lowest BCUT2D eigenvalue weighted by Crippen LogP contribution is -2.19. The summed E-state index contributed by atoms with van der Waals surface area (Å²) in [7, 11) is 1.73. The number of nitrogens with one attached hydrogen (secondary N) is 1. The van der Waals surface area contributed by atoms with E-state index in [1.54, 1.807) is 7.11 Å². The van der Waals surface area contributed by atoms with Crippen LogP contribution in [0.15, 0.2) is 48.5 Å². The van der Waals surface area contributed by atoms with Gasteiger partial charge in [-0.1, -0.05) is 42.5 Å². The van der Waals surface area contributed by atoms with Crippen molar-refractivity contribution in [2.24, 2.45) is 0 Å². The van der Waals surface area contributed by atoms with Gasteiger partial charge in [0.2, 0.25) is 0 Å². The van der Waals surface area contributed by atoms with E-state index < -0.39 is 0 Å². The van der Waals surface area contributed by atoms with Gasteiger partial charge >= 0.3 is 0 Å². The van der Waals surface area contributed by atoms with Crippen LogP contribution in [0.25, 0.3) is 0 Å². The van der Waals surface area contributed by atoms with E-state index in [0.29, 0.717) is 0 Å². The highest BCUT2D eigenvalue weighted by Crippen LogP contribution is 2.41. The van der Waals surface area contributed by atoms with Gasteiger partial charge in [0.1, 0.15) is 5.75 Å². The van der Waals surface area contributed by atoms with E-state index in [0.717, 1.165) is 18.2 Å². The van der Waals surface area contributed by atoms with Crippen LogP contribution < -0.4 is 10.1 Å². The van der Waals surface area contributed by atoms with Gasteiger partial charge in [0.15, 0.2) is 0 Å². The molecular formula is C19H23NO. The summed E-state index contributed by atoms with van der Waals surface area (Å²) in [6.45, 7) is 3.10. The summed E-state index contributed by atoms with van der Waals surface area (Å²) >= 11 is 0. The van der Waals surface area contributed by atoms with Gasteiger partial charge in [0.05, 0.1) is 7.11 Å². The first-order valence-corrected chi connectivity index (χ1v) is 7.73. The van der Waals surface area contributed by atoms with Gasteiger partial charge in [-0.3, -0.25) is 0 Å². The summed E-state index contributed by atoms with van der Waals surface area (Å²) in [5.41, 5.74) is 4.17. The van der Waals surface area contributed by atoms with E-state index in [1.807, 2.05) is 12.1 Å². The average Bonchev–Trinajstić information content (AvgIpc) is 3.37. The van der Waals surface area contributed by atoms with E-state index in [4.69, 9.17) is 4.74 Å². The van der Waals surface area contributed by atoms with Gasteiger partial charge in [-0.15, -0.1) is 0 Å². The molecule has 0 amide bonds. The third-order valence-corrected chi connectivity index (χ3v) is 4.28. The zero-order valence-corrected chi connectivity index (χ0v) is 12.8. The fourth-order valence-corrected chi connectivity index (χ4v) is 2.88. The summed E-state index contributed by atoms with van der Waals surface area (Å²) in [6, 6.07) is 17.3. The van der Waals surface area contributed by atoms with E-state index in [9.17, 15) is 0 Å². The number of methoxy groups -OCH3 is 1. The number of hydrogen-bond acceptors (Lipinski definition) is 2. The largest absolute Gasteiger partial charge is 0.496 e. The van der Waals surface area contributed by atoms with Gasteiger partial charge in [-0.05, 0) is 42.9 Å². The lowest BCUT2D eigenvalue weighted by molar-refractivity contribution is 0.401. The van der Waals surface area contributed by atoms with E-state index in [2.05, 4.69) is 48.6 Å². The van der Waals surface area contributed by atoms with Crippen LogP contribution in [0.4, 0.5) is 0 Å². The molecule has 0 bridgehead atoms. The highest BCUT2D eigenvalue weighted by atomic mass is 16.5. The third-order valence-electron chi connectivity index (χ3n) is 4.28. The Balaban J connectivity index is 1.70. The van der Waals surface area contributed by atoms with Crippen molar-refractivity contribution in [1.29, 1.82) is 0 Å². The third kappa shape index (κ3) is 3.27. The van der Waals surface area contributed by atoms with Crippen LogP contribution >= 0.6 is 0 Å². The van der Waals surface area contributed by atoms with Gasteiger partial charge < -0.3 is 10.1 Å². The second-order valence-electron chi connectivity index (χ2n) is 5.82. The SMILES string of the molecule is COc1ccccc1[C@@H](C)NCc1ccccc1C1CC1. The second kappa shape index (κ2) is 6.31. The summed E-state index contributed by atoms with van der Waals surface area (Å²) < 4.78 is 5.45. The van der Waals surface area contributed by atoms with Crippen LogP contribution in [0.3, 0.4) is 0 Å². The Morgan fingerprint density at radius 1 is 1.10 bits per heavy atom. The predicted molar refractivity (Wildman–Crippen MR) is 86.7 cm³/mol. The Morgan fingerprint density at radius 3 is 2.57 bits per heavy atom. The molecule has 1 fully saturated rings. The molecule has 0 radical (unpaired) electrons. The zero-order chi connectivity index (χ0) is 14.7. The minimum atomic E-state index is 0.272. The fourth-order valence-electron chi connectivity index (χ4n) is 2.88. The molecule has 0 heterocycles. The summed E-state index contributed by atoms with van der Waals surface area (Å²) in [5, 5.41) is 3.63. The maximum atomic E-state index is 5.45.